The highest BCUT2D eigenvalue weighted by molar-refractivity contribution is 6.31. The molecule has 0 radical (unpaired) electrons. The highest BCUT2D eigenvalue weighted by Crippen LogP contribution is 2.45. The van der Waals surface area contributed by atoms with E-state index in [1.54, 1.807) is 18.2 Å². The molecule has 1 spiro atoms. The molecule has 4 aromatic rings. The average Bonchev–Trinajstić information content (AvgIpc) is 3.53. The lowest BCUT2D eigenvalue weighted by Crippen LogP contribution is -2.50. The van der Waals surface area contributed by atoms with Crippen molar-refractivity contribution in [3.8, 4) is 0 Å². The minimum absolute atomic E-state index is 0.0932. The van der Waals surface area contributed by atoms with E-state index in [4.69, 9.17) is 22.1 Å². The first kappa shape index (κ1) is 25.6. The number of fused-ring (bicyclic) bond motifs is 3. The van der Waals surface area contributed by atoms with E-state index in [2.05, 4.69) is 20.8 Å². The summed E-state index contributed by atoms with van der Waals surface area (Å²) in [5, 5.41) is 12.7. The van der Waals surface area contributed by atoms with Gasteiger partial charge in [-0.1, -0.05) is 41.9 Å². The zero-order valence-electron chi connectivity index (χ0n) is 21.0. The van der Waals surface area contributed by atoms with E-state index in [1.807, 2.05) is 30.3 Å². The molecule has 204 valence electrons. The van der Waals surface area contributed by atoms with Crippen LogP contribution in [0.4, 0.5) is 20.7 Å². The number of nitrogens with one attached hydrogen (secondary N) is 3. The number of amides is 3. The van der Waals surface area contributed by atoms with Gasteiger partial charge in [-0.25, -0.2) is 9.18 Å². The first-order chi connectivity index (χ1) is 19.2. The van der Waals surface area contributed by atoms with Crippen molar-refractivity contribution in [3.05, 3.63) is 88.2 Å². The average molecular weight is 563 g/mol. The Bertz CT molecular complexity index is 1660. The van der Waals surface area contributed by atoms with Crippen LogP contribution in [0.15, 0.2) is 60.7 Å². The molecule has 10 nitrogen and oxygen atoms in total. The Morgan fingerprint density at radius 2 is 2.00 bits per heavy atom. The highest BCUT2D eigenvalue weighted by Gasteiger charge is 2.51. The minimum atomic E-state index is -1.41. The Kier molecular flexibility index (Phi) is 6.30. The Morgan fingerprint density at radius 3 is 2.80 bits per heavy atom. The predicted octanol–water partition coefficient (Wildman–Crippen LogP) is 3.97. The molecule has 40 heavy (non-hydrogen) atoms. The van der Waals surface area contributed by atoms with Crippen LogP contribution in [-0.2, 0) is 21.6 Å². The van der Waals surface area contributed by atoms with Crippen molar-refractivity contribution in [1.29, 1.82) is 0 Å². The topological polar surface area (TPSA) is 142 Å². The molecule has 0 unspecified atom stereocenters. The van der Waals surface area contributed by atoms with E-state index >= 15 is 4.39 Å². The number of rotatable bonds is 5. The molecule has 0 aliphatic carbocycles. The summed E-state index contributed by atoms with van der Waals surface area (Å²) in [6.07, 6.45) is -0.361. The summed E-state index contributed by atoms with van der Waals surface area (Å²) < 4.78 is 20.8. The number of hydrogen-bond acceptors (Lipinski definition) is 6. The second-order valence-corrected chi connectivity index (χ2v) is 10.3. The molecular weight excluding hydrogens is 539 g/mol. The summed E-state index contributed by atoms with van der Waals surface area (Å²) in [4.78, 5) is 41.1. The SMILES string of the molecule is Nc1n[nH]c2cc(C(=O)N[C@@H](Cc3ccccc3)C(=O)N3CC[C@@]4(C3)OC(=O)Nc3ccc(Cl)c(F)c34)ccc12. The largest absolute Gasteiger partial charge is 0.436 e. The number of anilines is 2. The van der Waals surface area contributed by atoms with Gasteiger partial charge in [-0.3, -0.25) is 20.0 Å². The number of ether oxygens (including phenoxy) is 1. The Labute approximate surface area is 232 Å². The van der Waals surface area contributed by atoms with Gasteiger partial charge in [-0.15, -0.1) is 0 Å². The number of carbonyl (C=O) groups is 3. The third kappa shape index (κ3) is 4.47. The summed E-state index contributed by atoms with van der Waals surface area (Å²) in [6, 6.07) is 16.1. The van der Waals surface area contributed by atoms with Crippen molar-refractivity contribution >= 4 is 51.9 Å². The van der Waals surface area contributed by atoms with Gasteiger partial charge >= 0.3 is 6.09 Å². The van der Waals surface area contributed by atoms with Crippen molar-refractivity contribution in [2.75, 3.05) is 24.1 Å². The molecule has 3 aromatic carbocycles. The standard InChI is InChI=1S/C28H24ClFN6O4/c29-18-8-9-19-22(23(18)30)28(40-27(39)33-19)10-11-36(14-28)26(38)21(12-15-4-2-1-3-5-15)32-25(37)16-6-7-17-20(13-16)34-35-24(17)31/h1-9,13,21H,10-12,14H2,(H,32,37)(H,33,39)(H3,31,34,35)/t21-,28-/m0/s1. The van der Waals surface area contributed by atoms with Crippen LogP contribution in [0.25, 0.3) is 10.9 Å². The fourth-order valence-corrected chi connectivity index (χ4v) is 5.57. The molecule has 3 heterocycles. The molecule has 6 rings (SSSR count). The summed E-state index contributed by atoms with van der Waals surface area (Å²) in [5.41, 5.74) is 6.52. The Balaban J connectivity index is 1.28. The van der Waals surface area contributed by atoms with Crippen molar-refractivity contribution < 1.29 is 23.5 Å². The van der Waals surface area contributed by atoms with E-state index in [9.17, 15) is 14.4 Å². The van der Waals surface area contributed by atoms with Gasteiger partial charge in [0.1, 0.15) is 6.04 Å². The van der Waals surface area contributed by atoms with Crippen LogP contribution in [0, 0.1) is 5.82 Å². The molecular formula is C28H24ClFN6O4. The second-order valence-electron chi connectivity index (χ2n) is 9.89. The lowest BCUT2D eigenvalue weighted by molar-refractivity contribution is -0.133. The van der Waals surface area contributed by atoms with Crippen LogP contribution in [-0.4, -0.2) is 52.1 Å². The molecule has 1 fully saturated rings. The summed E-state index contributed by atoms with van der Waals surface area (Å²) in [5.74, 6) is -1.24. The molecule has 5 N–H and O–H groups in total. The summed E-state index contributed by atoms with van der Waals surface area (Å²) in [7, 11) is 0. The lowest BCUT2D eigenvalue weighted by atomic mass is 9.89. The first-order valence-corrected chi connectivity index (χ1v) is 13.0. The second kappa shape index (κ2) is 9.83. The highest BCUT2D eigenvalue weighted by atomic mass is 35.5. The van der Waals surface area contributed by atoms with Crippen LogP contribution in [0.1, 0.15) is 27.9 Å². The van der Waals surface area contributed by atoms with E-state index < -0.39 is 29.5 Å². The molecule has 2 aliphatic rings. The fourth-order valence-electron chi connectivity index (χ4n) is 5.42. The third-order valence-corrected chi connectivity index (χ3v) is 7.65. The molecule has 2 atom stereocenters. The monoisotopic (exact) mass is 562 g/mol. The third-order valence-electron chi connectivity index (χ3n) is 7.36. The molecule has 0 saturated carbocycles. The number of likely N-dealkylation sites (tertiary alicyclic amines) is 1. The van der Waals surface area contributed by atoms with E-state index in [1.165, 1.54) is 17.0 Å². The van der Waals surface area contributed by atoms with Crippen LogP contribution in [0.3, 0.4) is 0 Å². The van der Waals surface area contributed by atoms with Crippen molar-refractivity contribution in [2.45, 2.75) is 24.5 Å². The quantitative estimate of drug-likeness (QED) is 0.290. The van der Waals surface area contributed by atoms with Gasteiger partial charge in [0.2, 0.25) is 5.91 Å². The number of aromatic amines is 1. The zero-order valence-corrected chi connectivity index (χ0v) is 21.8. The summed E-state index contributed by atoms with van der Waals surface area (Å²) in [6.45, 7) is 0.0854. The maximum Gasteiger partial charge on any atom is 0.412 e. The Morgan fingerprint density at radius 1 is 1.20 bits per heavy atom. The van der Waals surface area contributed by atoms with E-state index in [-0.39, 0.29) is 48.1 Å². The molecule has 1 saturated heterocycles. The van der Waals surface area contributed by atoms with Gasteiger partial charge in [0.15, 0.2) is 17.2 Å². The number of halogens is 2. The number of nitrogens with zero attached hydrogens (tertiary/aromatic N) is 2. The van der Waals surface area contributed by atoms with Gasteiger partial charge in [0.25, 0.3) is 5.91 Å². The smallest absolute Gasteiger partial charge is 0.412 e. The predicted molar refractivity (Wildman–Crippen MR) is 146 cm³/mol. The number of hydrogen-bond donors (Lipinski definition) is 4. The van der Waals surface area contributed by atoms with Crippen LogP contribution < -0.4 is 16.4 Å². The van der Waals surface area contributed by atoms with Gasteiger partial charge in [-0.05, 0) is 35.9 Å². The molecule has 3 amide bonds. The van der Waals surface area contributed by atoms with Gasteiger partial charge in [0.05, 0.1) is 28.3 Å². The molecule has 0 bridgehead atoms. The van der Waals surface area contributed by atoms with E-state index in [0.717, 1.165) is 5.56 Å². The number of benzene rings is 3. The van der Waals surface area contributed by atoms with Gasteiger partial charge in [-0.2, -0.15) is 5.10 Å². The fraction of sp³-hybridized carbons (Fsp3) is 0.214. The van der Waals surface area contributed by atoms with E-state index in [0.29, 0.717) is 22.3 Å². The number of nitrogens with two attached hydrogens (primary N) is 1. The normalized spacial score (nSPS) is 18.8. The maximum absolute atomic E-state index is 15.2. The first-order valence-electron chi connectivity index (χ1n) is 12.6. The van der Waals surface area contributed by atoms with Crippen LogP contribution in [0.5, 0.6) is 0 Å². The lowest BCUT2D eigenvalue weighted by Gasteiger charge is -2.36. The minimum Gasteiger partial charge on any atom is -0.436 e. The number of aromatic nitrogens is 2. The van der Waals surface area contributed by atoms with Crippen LogP contribution >= 0.6 is 11.6 Å². The van der Waals surface area contributed by atoms with Crippen molar-refractivity contribution in [3.63, 3.8) is 0 Å². The molecule has 12 heteroatoms. The number of H-pyrrole nitrogens is 1. The van der Waals surface area contributed by atoms with Crippen molar-refractivity contribution in [2.24, 2.45) is 0 Å². The zero-order chi connectivity index (χ0) is 28.0. The van der Waals surface area contributed by atoms with Gasteiger partial charge < -0.3 is 20.7 Å². The number of nitrogen functional groups attached to an aromatic ring is 1. The Hall–Kier alpha value is -4.64. The van der Waals surface area contributed by atoms with Crippen LogP contribution in [0.2, 0.25) is 5.02 Å². The molecule has 1 aromatic heterocycles. The number of carbonyl (C=O) groups excluding carboxylic acids is 3. The van der Waals surface area contributed by atoms with Gasteiger partial charge in [0, 0.05) is 30.3 Å². The summed E-state index contributed by atoms with van der Waals surface area (Å²) >= 11 is 6.05. The maximum atomic E-state index is 15.2. The molecule has 2 aliphatic heterocycles. The van der Waals surface area contributed by atoms with Crippen molar-refractivity contribution in [1.82, 2.24) is 20.4 Å².